The number of carbonyl (C=O) groups is 2. The summed E-state index contributed by atoms with van der Waals surface area (Å²) in [5.74, 6) is 0.0955. The van der Waals surface area contributed by atoms with Gasteiger partial charge in [0.05, 0.1) is 19.0 Å². The molecule has 0 aliphatic heterocycles. The van der Waals surface area contributed by atoms with E-state index in [-0.39, 0.29) is 18.2 Å². The maximum absolute atomic E-state index is 11.8. The molecule has 0 saturated carbocycles. The van der Waals surface area contributed by atoms with Crippen molar-refractivity contribution in [2.75, 3.05) is 12.4 Å². The van der Waals surface area contributed by atoms with Gasteiger partial charge in [0.2, 0.25) is 0 Å². The van der Waals surface area contributed by atoms with Gasteiger partial charge in [0.1, 0.15) is 12.3 Å². The van der Waals surface area contributed by atoms with Crippen LogP contribution in [0.1, 0.15) is 16.3 Å². The van der Waals surface area contributed by atoms with Gasteiger partial charge in [-0.3, -0.25) is 14.3 Å². The molecule has 7 heteroatoms. The molecule has 0 bridgehead atoms. The highest BCUT2D eigenvalue weighted by molar-refractivity contribution is 6.02. The minimum absolute atomic E-state index is 0.00771. The van der Waals surface area contributed by atoms with Crippen molar-refractivity contribution >= 4 is 17.6 Å². The Labute approximate surface area is 109 Å². The first-order valence-electron chi connectivity index (χ1n) is 5.55. The molecule has 0 radical (unpaired) electrons. The van der Waals surface area contributed by atoms with Crippen molar-refractivity contribution in [2.24, 2.45) is 0 Å². The zero-order valence-corrected chi connectivity index (χ0v) is 10.5. The van der Waals surface area contributed by atoms with Crippen LogP contribution in [0, 0.1) is 6.92 Å². The maximum atomic E-state index is 11.8. The Hall–Kier alpha value is -2.57. The second-order valence-electron chi connectivity index (χ2n) is 3.87. The summed E-state index contributed by atoms with van der Waals surface area (Å²) in [5.41, 5.74) is 0.475. The fourth-order valence-electron chi connectivity index (χ4n) is 1.46. The van der Waals surface area contributed by atoms with Gasteiger partial charge in [-0.15, -0.1) is 0 Å². The van der Waals surface area contributed by atoms with Gasteiger partial charge in [0.25, 0.3) is 5.91 Å². The smallest absolute Gasteiger partial charge is 0.327 e. The highest BCUT2D eigenvalue weighted by Crippen LogP contribution is 2.11. The van der Waals surface area contributed by atoms with Crippen molar-refractivity contribution in [3.63, 3.8) is 0 Å². The molecule has 0 aromatic carbocycles. The predicted octanol–water partition coefficient (Wildman–Crippen LogP) is 1.21. The Balaban J connectivity index is 2.00. The van der Waals surface area contributed by atoms with Crippen molar-refractivity contribution in [1.82, 2.24) is 9.78 Å². The van der Waals surface area contributed by atoms with Gasteiger partial charge < -0.3 is 14.5 Å². The average Bonchev–Trinajstić information content (AvgIpc) is 2.98. The van der Waals surface area contributed by atoms with Crippen LogP contribution in [0.4, 0.5) is 5.69 Å². The third-order valence-corrected chi connectivity index (χ3v) is 2.37. The normalized spacial score (nSPS) is 10.2. The van der Waals surface area contributed by atoms with E-state index >= 15 is 0 Å². The van der Waals surface area contributed by atoms with Crippen molar-refractivity contribution in [3.8, 4) is 0 Å². The van der Waals surface area contributed by atoms with Gasteiger partial charge in [-0.1, -0.05) is 0 Å². The van der Waals surface area contributed by atoms with E-state index in [1.165, 1.54) is 24.2 Å². The average molecular weight is 263 g/mol. The van der Waals surface area contributed by atoms with Gasteiger partial charge in [-0.05, 0) is 19.1 Å². The van der Waals surface area contributed by atoms with E-state index in [0.29, 0.717) is 11.4 Å². The molecule has 0 spiro atoms. The summed E-state index contributed by atoms with van der Waals surface area (Å²) in [7, 11) is 1.30. The molecule has 2 aromatic rings. The standard InChI is InChI=1S/C12H13N3O4/c1-8-3-4-10(19-8)12(17)14-9-5-13-15(6-9)7-11(16)18-2/h3-6H,7H2,1-2H3,(H,14,17). The number of hydrogen-bond acceptors (Lipinski definition) is 5. The molecular formula is C12H13N3O4. The number of furan rings is 1. The lowest BCUT2D eigenvalue weighted by atomic mass is 10.4. The van der Waals surface area contributed by atoms with Crippen LogP contribution < -0.4 is 5.32 Å². The Kier molecular flexibility index (Phi) is 3.65. The summed E-state index contributed by atoms with van der Waals surface area (Å²) in [6.45, 7) is 1.75. The van der Waals surface area contributed by atoms with Crippen LogP contribution in [-0.4, -0.2) is 28.8 Å². The largest absolute Gasteiger partial charge is 0.468 e. The SMILES string of the molecule is COC(=O)Cn1cc(NC(=O)c2ccc(C)o2)cn1. The first-order chi connectivity index (χ1) is 9.08. The summed E-state index contributed by atoms with van der Waals surface area (Å²) < 4.78 is 11.1. The number of methoxy groups -OCH3 is 1. The summed E-state index contributed by atoms with van der Waals surface area (Å²) in [5, 5.41) is 6.54. The molecule has 2 rings (SSSR count). The molecule has 7 nitrogen and oxygen atoms in total. The fraction of sp³-hybridized carbons (Fsp3) is 0.250. The number of esters is 1. The Morgan fingerprint density at radius 2 is 2.26 bits per heavy atom. The molecule has 0 aliphatic rings. The van der Waals surface area contributed by atoms with E-state index < -0.39 is 5.97 Å². The van der Waals surface area contributed by atoms with Crippen LogP contribution in [0.25, 0.3) is 0 Å². The fourth-order valence-corrected chi connectivity index (χ4v) is 1.46. The zero-order valence-electron chi connectivity index (χ0n) is 10.5. The van der Waals surface area contributed by atoms with Crippen molar-refractivity contribution < 1.29 is 18.7 Å². The van der Waals surface area contributed by atoms with E-state index in [9.17, 15) is 9.59 Å². The van der Waals surface area contributed by atoms with E-state index in [2.05, 4.69) is 15.2 Å². The maximum Gasteiger partial charge on any atom is 0.327 e. The first kappa shape index (κ1) is 12.9. The molecule has 0 aliphatic carbocycles. The zero-order chi connectivity index (χ0) is 13.8. The minimum Gasteiger partial charge on any atom is -0.468 e. The van der Waals surface area contributed by atoms with E-state index in [0.717, 1.165) is 0 Å². The molecule has 0 atom stereocenters. The molecule has 1 amide bonds. The summed E-state index contributed by atoms with van der Waals surface area (Å²) in [6, 6.07) is 3.29. The number of carbonyl (C=O) groups excluding carboxylic acids is 2. The molecule has 1 N–H and O–H groups in total. The van der Waals surface area contributed by atoms with E-state index in [1.54, 1.807) is 19.1 Å². The summed E-state index contributed by atoms with van der Waals surface area (Å²) >= 11 is 0. The minimum atomic E-state index is -0.414. The highest BCUT2D eigenvalue weighted by Gasteiger charge is 2.11. The Morgan fingerprint density at radius 1 is 1.47 bits per heavy atom. The number of hydrogen-bond donors (Lipinski definition) is 1. The molecule has 2 aromatic heterocycles. The Morgan fingerprint density at radius 3 is 2.89 bits per heavy atom. The molecular weight excluding hydrogens is 250 g/mol. The monoisotopic (exact) mass is 263 g/mol. The number of aryl methyl sites for hydroxylation is 1. The topological polar surface area (TPSA) is 86.4 Å². The predicted molar refractivity (Wildman–Crippen MR) is 65.6 cm³/mol. The number of aromatic nitrogens is 2. The molecule has 100 valence electrons. The van der Waals surface area contributed by atoms with Gasteiger partial charge in [-0.2, -0.15) is 5.10 Å². The van der Waals surface area contributed by atoms with E-state index in [1.807, 2.05) is 0 Å². The van der Waals surface area contributed by atoms with Crippen molar-refractivity contribution in [3.05, 3.63) is 36.0 Å². The van der Waals surface area contributed by atoms with Crippen LogP contribution in [0.3, 0.4) is 0 Å². The van der Waals surface area contributed by atoms with Gasteiger partial charge in [0.15, 0.2) is 5.76 Å². The first-order valence-corrected chi connectivity index (χ1v) is 5.55. The number of anilines is 1. The molecule has 0 saturated heterocycles. The van der Waals surface area contributed by atoms with Gasteiger partial charge in [0, 0.05) is 6.20 Å². The van der Waals surface area contributed by atoms with Crippen molar-refractivity contribution in [2.45, 2.75) is 13.5 Å². The number of nitrogens with one attached hydrogen (secondary N) is 1. The van der Waals surface area contributed by atoms with Crippen LogP contribution in [0.5, 0.6) is 0 Å². The quantitative estimate of drug-likeness (QED) is 0.838. The third kappa shape index (κ3) is 3.21. The van der Waals surface area contributed by atoms with Crippen LogP contribution in [0.15, 0.2) is 28.9 Å². The summed E-state index contributed by atoms with van der Waals surface area (Å²) in [4.78, 5) is 22.8. The lowest BCUT2D eigenvalue weighted by Gasteiger charge is -1.99. The lowest BCUT2D eigenvalue weighted by molar-refractivity contribution is -0.141. The van der Waals surface area contributed by atoms with Crippen molar-refractivity contribution in [1.29, 1.82) is 0 Å². The highest BCUT2D eigenvalue weighted by atomic mass is 16.5. The third-order valence-electron chi connectivity index (χ3n) is 2.37. The van der Waals surface area contributed by atoms with Crippen LogP contribution in [-0.2, 0) is 16.1 Å². The molecule has 0 fully saturated rings. The number of ether oxygens (including phenoxy) is 1. The molecule has 19 heavy (non-hydrogen) atoms. The second-order valence-corrected chi connectivity index (χ2v) is 3.87. The van der Waals surface area contributed by atoms with Gasteiger partial charge in [-0.25, -0.2) is 0 Å². The summed E-state index contributed by atoms with van der Waals surface area (Å²) in [6.07, 6.45) is 2.97. The molecule has 0 unspecified atom stereocenters. The van der Waals surface area contributed by atoms with Crippen LogP contribution >= 0.6 is 0 Å². The lowest BCUT2D eigenvalue weighted by Crippen LogP contribution is -2.12. The Bertz CT molecular complexity index is 600. The van der Waals surface area contributed by atoms with E-state index in [4.69, 9.17) is 4.42 Å². The van der Waals surface area contributed by atoms with Gasteiger partial charge >= 0.3 is 5.97 Å². The number of amides is 1. The molecule has 2 heterocycles. The number of nitrogens with zero attached hydrogens (tertiary/aromatic N) is 2. The number of rotatable bonds is 4. The second kappa shape index (κ2) is 5.38. The van der Waals surface area contributed by atoms with Crippen LogP contribution in [0.2, 0.25) is 0 Å².